The van der Waals surface area contributed by atoms with Crippen LogP contribution in [0.4, 0.5) is 0 Å². The Bertz CT molecular complexity index is 886. The summed E-state index contributed by atoms with van der Waals surface area (Å²) >= 11 is 1.20. The van der Waals surface area contributed by atoms with Gasteiger partial charge in [-0.15, -0.1) is 5.10 Å². The summed E-state index contributed by atoms with van der Waals surface area (Å²) in [5.74, 6) is 1.11. The highest BCUT2D eigenvalue weighted by atomic mass is 32.2. The lowest BCUT2D eigenvalue weighted by Crippen LogP contribution is -2.47. The van der Waals surface area contributed by atoms with Crippen LogP contribution in [0.3, 0.4) is 0 Å². The average Bonchev–Trinajstić information content (AvgIpc) is 3.10. The van der Waals surface area contributed by atoms with Gasteiger partial charge in [-0.1, -0.05) is 37.4 Å². The molecule has 154 valence electrons. The molecule has 1 aromatic carbocycles. The quantitative estimate of drug-likeness (QED) is 0.541. The number of nitrogens with one attached hydrogen (secondary N) is 1. The van der Waals surface area contributed by atoms with Crippen LogP contribution in [0.15, 0.2) is 23.4 Å². The Morgan fingerprint density at radius 2 is 2.03 bits per heavy atom. The molecule has 0 saturated heterocycles. The van der Waals surface area contributed by atoms with Gasteiger partial charge in [-0.2, -0.15) is 9.94 Å². The van der Waals surface area contributed by atoms with Crippen molar-refractivity contribution in [3.8, 4) is 23.3 Å². The number of nitriles is 1. The second kappa shape index (κ2) is 9.60. The van der Waals surface area contributed by atoms with Crippen molar-refractivity contribution in [2.24, 2.45) is 0 Å². The number of nitrogens with zero attached hydrogens (tertiary/aromatic N) is 5. The van der Waals surface area contributed by atoms with E-state index >= 15 is 0 Å². The minimum Gasteiger partial charge on any atom is -0.497 e. The van der Waals surface area contributed by atoms with E-state index in [9.17, 15) is 10.1 Å². The molecule has 1 saturated carbocycles. The van der Waals surface area contributed by atoms with Crippen molar-refractivity contribution >= 4 is 17.7 Å². The van der Waals surface area contributed by atoms with Gasteiger partial charge in [0.2, 0.25) is 11.1 Å². The van der Waals surface area contributed by atoms with E-state index in [1.807, 2.05) is 0 Å². The number of carbonyl (C=O) groups is 1. The Labute approximate surface area is 173 Å². The number of thioether (sulfide) groups is 1. The molecule has 0 aliphatic heterocycles. The Morgan fingerprint density at radius 3 is 2.69 bits per heavy atom. The summed E-state index contributed by atoms with van der Waals surface area (Å²) in [6, 6.07) is 7.63. The van der Waals surface area contributed by atoms with Gasteiger partial charge < -0.3 is 14.8 Å². The number of hydrogen-bond acceptors (Lipinski definition) is 8. The van der Waals surface area contributed by atoms with Gasteiger partial charge in [0.15, 0.2) is 0 Å². The maximum absolute atomic E-state index is 12.5. The van der Waals surface area contributed by atoms with Crippen LogP contribution in [0.5, 0.6) is 11.5 Å². The predicted molar refractivity (Wildman–Crippen MR) is 107 cm³/mol. The van der Waals surface area contributed by atoms with Crippen molar-refractivity contribution in [2.75, 3.05) is 20.0 Å². The molecule has 1 N–H and O–H groups in total. The Balaban J connectivity index is 1.71. The largest absolute Gasteiger partial charge is 0.497 e. The molecule has 9 nitrogen and oxygen atoms in total. The smallest absolute Gasteiger partial charge is 0.231 e. The first-order valence-corrected chi connectivity index (χ1v) is 10.5. The maximum atomic E-state index is 12.5. The van der Waals surface area contributed by atoms with Crippen LogP contribution < -0.4 is 14.8 Å². The van der Waals surface area contributed by atoms with Crippen molar-refractivity contribution in [1.29, 1.82) is 5.26 Å². The van der Waals surface area contributed by atoms with E-state index in [2.05, 4.69) is 26.9 Å². The first-order chi connectivity index (χ1) is 14.1. The molecule has 1 aliphatic rings. The zero-order chi connectivity index (χ0) is 20.7. The third-order valence-corrected chi connectivity index (χ3v) is 5.86. The lowest BCUT2D eigenvalue weighted by molar-refractivity contribution is -0.120. The molecule has 0 unspecified atom stereocenters. The second-order valence-corrected chi connectivity index (χ2v) is 7.80. The minimum absolute atomic E-state index is 0.107. The highest BCUT2D eigenvalue weighted by molar-refractivity contribution is 7.99. The molecule has 0 radical (unpaired) electrons. The number of hydrogen-bond donors (Lipinski definition) is 1. The van der Waals surface area contributed by atoms with Crippen LogP contribution in [0, 0.1) is 11.3 Å². The summed E-state index contributed by atoms with van der Waals surface area (Å²) in [6.45, 7) is 0. The van der Waals surface area contributed by atoms with Crippen molar-refractivity contribution in [3.05, 3.63) is 18.2 Å². The molecule has 0 bridgehead atoms. The van der Waals surface area contributed by atoms with Crippen molar-refractivity contribution in [3.63, 3.8) is 0 Å². The van der Waals surface area contributed by atoms with Gasteiger partial charge in [0, 0.05) is 6.07 Å². The van der Waals surface area contributed by atoms with Crippen LogP contribution in [-0.2, 0) is 4.79 Å². The number of carbonyl (C=O) groups excluding carboxylic acids is 1. The Hall–Kier alpha value is -2.80. The molecule has 1 aliphatic carbocycles. The molecule has 0 atom stereocenters. The third-order valence-electron chi connectivity index (χ3n) is 4.94. The van der Waals surface area contributed by atoms with E-state index < -0.39 is 5.54 Å². The van der Waals surface area contributed by atoms with E-state index in [4.69, 9.17) is 9.47 Å². The van der Waals surface area contributed by atoms with Gasteiger partial charge in [0.25, 0.3) is 0 Å². The zero-order valence-electron chi connectivity index (χ0n) is 16.6. The van der Waals surface area contributed by atoms with Gasteiger partial charge in [0.05, 0.1) is 26.0 Å². The lowest BCUT2D eigenvalue weighted by Gasteiger charge is -2.26. The van der Waals surface area contributed by atoms with Gasteiger partial charge in [-0.25, -0.2) is 0 Å². The van der Waals surface area contributed by atoms with Gasteiger partial charge in [-0.3, -0.25) is 4.79 Å². The van der Waals surface area contributed by atoms with Crippen LogP contribution >= 0.6 is 11.8 Å². The summed E-state index contributed by atoms with van der Waals surface area (Å²) in [5, 5.41) is 24.8. The number of amides is 1. The molecule has 29 heavy (non-hydrogen) atoms. The Kier molecular flexibility index (Phi) is 6.93. The summed E-state index contributed by atoms with van der Waals surface area (Å²) in [5.41, 5.74) is -0.159. The monoisotopic (exact) mass is 416 g/mol. The molecule has 2 aromatic rings. The average molecular weight is 417 g/mol. The lowest BCUT2D eigenvalue weighted by atomic mass is 9.92. The Morgan fingerprint density at radius 1 is 1.28 bits per heavy atom. The number of ether oxygens (including phenoxy) is 2. The molecule has 1 amide bonds. The fourth-order valence-electron chi connectivity index (χ4n) is 3.41. The highest BCUT2D eigenvalue weighted by Crippen LogP contribution is 2.30. The van der Waals surface area contributed by atoms with Crippen LogP contribution in [0.1, 0.15) is 38.5 Å². The molecule has 1 fully saturated rings. The normalized spacial score (nSPS) is 15.8. The van der Waals surface area contributed by atoms with E-state index in [0.29, 0.717) is 35.2 Å². The molecule has 3 rings (SSSR count). The summed E-state index contributed by atoms with van der Waals surface area (Å²) in [7, 11) is 3.13. The van der Waals surface area contributed by atoms with Crippen molar-refractivity contribution < 1.29 is 14.3 Å². The summed E-state index contributed by atoms with van der Waals surface area (Å²) in [4.78, 5) is 12.5. The second-order valence-electron chi connectivity index (χ2n) is 6.86. The number of benzene rings is 1. The highest BCUT2D eigenvalue weighted by Gasteiger charge is 2.32. The van der Waals surface area contributed by atoms with E-state index in [1.165, 1.54) is 16.4 Å². The maximum Gasteiger partial charge on any atom is 0.231 e. The summed E-state index contributed by atoms with van der Waals surface area (Å²) in [6.07, 6.45) is 5.50. The van der Waals surface area contributed by atoms with E-state index in [0.717, 1.165) is 25.7 Å². The molecular formula is C19H24N6O3S. The third kappa shape index (κ3) is 4.98. The minimum atomic E-state index is -0.768. The number of aromatic nitrogens is 4. The topological polar surface area (TPSA) is 115 Å². The fourth-order valence-corrected chi connectivity index (χ4v) is 4.10. The standard InChI is InChI=1S/C19H24N6O3S/c1-27-14-7-8-16(28-2)15(11-14)25-18(22-23-24-25)29-12-17(26)21-19(13-20)9-5-3-4-6-10-19/h7-8,11H,3-6,9-10,12H2,1-2H3,(H,21,26). The van der Waals surface area contributed by atoms with Crippen molar-refractivity contribution in [2.45, 2.75) is 49.2 Å². The van der Waals surface area contributed by atoms with Gasteiger partial charge in [0.1, 0.15) is 22.7 Å². The number of methoxy groups -OCH3 is 2. The molecule has 1 aromatic heterocycles. The first kappa shape index (κ1) is 20.9. The van der Waals surface area contributed by atoms with Gasteiger partial charge >= 0.3 is 0 Å². The molecule has 10 heteroatoms. The molecular weight excluding hydrogens is 392 g/mol. The fraction of sp³-hybridized carbons (Fsp3) is 0.526. The molecule has 0 spiro atoms. The van der Waals surface area contributed by atoms with Crippen LogP contribution in [0.2, 0.25) is 0 Å². The van der Waals surface area contributed by atoms with Crippen molar-refractivity contribution in [1.82, 2.24) is 25.5 Å². The molecule has 1 heterocycles. The van der Waals surface area contributed by atoms with E-state index in [-0.39, 0.29) is 11.7 Å². The number of tetrazole rings is 1. The zero-order valence-corrected chi connectivity index (χ0v) is 17.4. The first-order valence-electron chi connectivity index (χ1n) is 9.46. The van der Waals surface area contributed by atoms with Crippen LogP contribution in [0.25, 0.3) is 5.69 Å². The summed E-state index contributed by atoms with van der Waals surface area (Å²) < 4.78 is 12.2. The van der Waals surface area contributed by atoms with Gasteiger partial charge in [-0.05, 0) is 35.4 Å². The SMILES string of the molecule is COc1ccc(OC)c(-n2nnnc2SCC(=O)NC2(C#N)CCCCCC2)c1. The number of rotatable bonds is 7. The predicted octanol–water partition coefficient (Wildman–Crippen LogP) is 2.50. The van der Waals surface area contributed by atoms with Crippen LogP contribution in [-0.4, -0.2) is 51.6 Å². The van der Waals surface area contributed by atoms with E-state index in [1.54, 1.807) is 32.4 Å².